The van der Waals surface area contributed by atoms with Crippen LogP contribution in [0.5, 0.6) is 0 Å². The average molecular weight is 412 g/mol. The monoisotopic (exact) mass is 411 g/mol. The van der Waals surface area contributed by atoms with Crippen LogP contribution in [0.3, 0.4) is 0 Å². The van der Waals surface area contributed by atoms with Crippen molar-refractivity contribution in [2.45, 2.75) is 96.8 Å². The van der Waals surface area contributed by atoms with Gasteiger partial charge in [0, 0.05) is 0 Å². The van der Waals surface area contributed by atoms with Crippen LogP contribution in [0.15, 0.2) is 17.1 Å². The van der Waals surface area contributed by atoms with Gasteiger partial charge < -0.3 is 10.1 Å². The van der Waals surface area contributed by atoms with Gasteiger partial charge in [-0.05, 0) is 44.4 Å². The summed E-state index contributed by atoms with van der Waals surface area (Å²) in [7, 11) is -4.02. The summed E-state index contributed by atoms with van der Waals surface area (Å²) in [5.41, 5.74) is 0. The SMILES string of the molecule is CCCCCCCC/C=C/CCCCCCCC([O-])=NCCS(=O)(=O)O.[Na+]. The first-order chi connectivity index (χ1) is 12.5. The molecule has 154 valence electrons. The van der Waals surface area contributed by atoms with Crippen molar-refractivity contribution >= 4 is 16.0 Å². The van der Waals surface area contributed by atoms with Gasteiger partial charge in [0.1, 0.15) is 0 Å². The average Bonchev–Trinajstić information content (AvgIpc) is 2.57. The first-order valence-electron chi connectivity index (χ1n) is 10.3. The van der Waals surface area contributed by atoms with Crippen LogP contribution in [0.1, 0.15) is 96.8 Å². The van der Waals surface area contributed by atoms with Gasteiger partial charge in [0.25, 0.3) is 10.1 Å². The fraction of sp³-hybridized carbons (Fsp3) is 0.850. The normalized spacial score (nSPS) is 12.4. The number of aliphatic imine (C=N–C) groups is 1. The minimum atomic E-state index is -4.02. The smallest absolute Gasteiger partial charge is 0.862 e. The first kappa shape index (κ1) is 29.3. The second-order valence-electron chi connectivity index (χ2n) is 6.90. The summed E-state index contributed by atoms with van der Waals surface area (Å²) in [5.74, 6) is -0.753. The Kier molecular flexibility index (Phi) is 22.6. The molecular weight excluding hydrogens is 373 g/mol. The van der Waals surface area contributed by atoms with Gasteiger partial charge in [0.15, 0.2) is 0 Å². The Hall–Kier alpha value is 0.120. The van der Waals surface area contributed by atoms with Crippen molar-refractivity contribution in [3.8, 4) is 0 Å². The zero-order valence-electron chi connectivity index (χ0n) is 17.5. The van der Waals surface area contributed by atoms with Gasteiger partial charge in [0.05, 0.1) is 12.3 Å². The molecule has 5 nitrogen and oxygen atoms in total. The minimum absolute atomic E-state index is 0. The summed E-state index contributed by atoms with van der Waals surface area (Å²) >= 11 is 0. The molecule has 0 radical (unpaired) electrons. The zero-order chi connectivity index (χ0) is 19.5. The number of rotatable bonds is 18. The van der Waals surface area contributed by atoms with Crippen LogP contribution in [0.4, 0.5) is 0 Å². The zero-order valence-corrected chi connectivity index (χ0v) is 20.3. The number of unbranched alkanes of at least 4 members (excludes halogenated alkanes) is 11. The van der Waals surface area contributed by atoms with Gasteiger partial charge in [-0.25, -0.2) is 0 Å². The van der Waals surface area contributed by atoms with E-state index in [1.807, 2.05) is 0 Å². The summed E-state index contributed by atoms with van der Waals surface area (Å²) in [6, 6.07) is 0. The molecule has 0 spiro atoms. The molecule has 0 atom stereocenters. The van der Waals surface area contributed by atoms with Crippen molar-refractivity contribution in [3.05, 3.63) is 12.2 Å². The molecule has 0 aromatic heterocycles. The van der Waals surface area contributed by atoms with Crippen LogP contribution >= 0.6 is 0 Å². The van der Waals surface area contributed by atoms with Gasteiger partial charge in [0.2, 0.25) is 0 Å². The Balaban J connectivity index is 0. The van der Waals surface area contributed by atoms with E-state index in [-0.39, 0.29) is 42.0 Å². The standard InChI is InChI=1S/C20H39NO4S.Na/c1-2-3-4-5-6-7-8-9-10-11-12-13-14-15-16-17-20(22)21-18-19-26(23,24)25;/h9-10H,2-8,11-19H2,1H3,(H,21,22)(H,23,24,25);/q;+1/p-1/b10-9+;. The van der Waals surface area contributed by atoms with E-state index >= 15 is 0 Å². The summed E-state index contributed by atoms with van der Waals surface area (Å²) in [6.07, 6.45) is 20.7. The molecule has 0 saturated heterocycles. The van der Waals surface area contributed by atoms with Crippen molar-refractivity contribution in [1.82, 2.24) is 0 Å². The second kappa shape index (κ2) is 20.8. The molecule has 7 heteroatoms. The number of hydrogen-bond donors (Lipinski definition) is 1. The van der Waals surface area contributed by atoms with Crippen LogP contribution in [0, 0.1) is 0 Å². The quantitative estimate of drug-likeness (QED) is 0.0928. The Labute approximate surface area is 189 Å². The van der Waals surface area contributed by atoms with E-state index in [1.54, 1.807) is 0 Å². The number of hydrogen-bond acceptors (Lipinski definition) is 4. The fourth-order valence-electron chi connectivity index (χ4n) is 2.71. The predicted octanol–water partition coefficient (Wildman–Crippen LogP) is 1.67. The van der Waals surface area contributed by atoms with Crippen LogP contribution in [0.2, 0.25) is 0 Å². The van der Waals surface area contributed by atoms with Crippen molar-refractivity contribution in [3.63, 3.8) is 0 Å². The molecular formula is C20H38NNaO4S. The van der Waals surface area contributed by atoms with Crippen LogP contribution in [0.25, 0.3) is 0 Å². The summed E-state index contributed by atoms with van der Waals surface area (Å²) < 4.78 is 29.5. The molecule has 0 saturated carbocycles. The maximum Gasteiger partial charge on any atom is 1.00 e. The van der Waals surface area contributed by atoms with Crippen LogP contribution in [-0.2, 0) is 10.1 Å². The van der Waals surface area contributed by atoms with Crippen molar-refractivity contribution in [2.24, 2.45) is 4.99 Å². The van der Waals surface area contributed by atoms with Gasteiger partial charge in [-0.2, -0.15) is 8.42 Å². The van der Waals surface area contributed by atoms with Crippen molar-refractivity contribution < 1.29 is 47.6 Å². The molecule has 0 fully saturated rings. The third-order valence-electron chi connectivity index (χ3n) is 4.29. The molecule has 0 aliphatic heterocycles. The van der Waals surface area contributed by atoms with E-state index in [0.29, 0.717) is 6.42 Å². The molecule has 1 N–H and O–H groups in total. The predicted molar refractivity (Wildman–Crippen MR) is 108 cm³/mol. The van der Waals surface area contributed by atoms with Gasteiger partial charge >= 0.3 is 29.6 Å². The molecule has 0 aromatic carbocycles. The maximum atomic E-state index is 11.4. The van der Waals surface area contributed by atoms with Crippen molar-refractivity contribution in [1.29, 1.82) is 0 Å². The summed E-state index contributed by atoms with van der Waals surface area (Å²) in [6.45, 7) is 2.10. The summed E-state index contributed by atoms with van der Waals surface area (Å²) in [5, 5.41) is 11.4. The Morgan fingerprint density at radius 3 is 1.89 bits per heavy atom. The van der Waals surface area contributed by atoms with E-state index < -0.39 is 15.9 Å². The van der Waals surface area contributed by atoms with E-state index in [1.165, 1.54) is 57.8 Å². The molecule has 0 heterocycles. The second-order valence-corrected chi connectivity index (χ2v) is 8.47. The summed E-state index contributed by atoms with van der Waals surface area (Å²) in [4.78, 5) is 3.63. The third kappa shape index (κ3) is 26.1. The van der Waals surface area contributed by atoms with Gasteiger partial charge in [-0.1, -0.05) is 70.4 Å². The molecule has 0 amide bonds. The minimum Gasteiger partial charge on any atom is -0.862 e. The molecule has 0 bridgehead atoms. The third-order valence-corrected chi connectivity index (χ3v) is 4.99. The van der Waals surface area contributed by atoms with E-state index in [9.17, 15) is 13.5 Å². The van der Waals surface area contributed by atoms with E-state index in [0.717, 1.165) is 25.7 Å². The topological polar surface area (TPSA) is 89.8 Å². The molecule has 0 aliphatic rings. The van der Waals surface area contributed by atoms with Crippen LogP contribution in [-0.4, -0.2) is 31.2 Å². The van der Waals surface area contributed by atoms with E-state index in [4.69, 9.17) is 4.55 Å². The molecule has 0 aromatic rings. The van der Waals surface area contributed by atoms with Gasteiger partial charge in [-0.3, -0.25) is 4.55 Å². The Morgan fingerprint density at radius 2 is 1.37 bits per heavy atom. The first-order valence-corrected chi connectivity index (χ1v) is 11.9. The largest absolute Gasteiger partial charge is 1.00 e. The maximum absolute atomic E-state index is 11.4. The number of allylic oxidation sites excluding steroid dienone is 2. The van der Waals surface area contributed by atoms with Gasteiger partial charge in [-0.15, -0.1) is 0 Å². The molecule has 0 unspecified atom stereocenters. The van der Waals surface area contributed by atoms with E-state index in [2.05, 4.69) is 24.1 Å². The molecule has 27 heavy (non-hydrogen) atoms. The fourth-order valence-corrected chi connectivity index (χ4v) is 3.03. The Morgan fingerprint density at radius 1 is 0.889 bits per heavy atom. The van der Waals surface area contributed by atoms with Crippen LogP contribution < -0.4 is 34.7 Å². The Bertz CT molecular complexity index is 478. The molecule has 0 aliphatic carbocycles. The number of nitrogens with zero attached hydrogens (tertiary/aromatic N) is 1. The van der Waals surface area contributed by atoms with Crippen molar-refractivity contribution in [2.75, 3.05) is 12.3 Å². The molecule has 0 rings (SSSR count).